The second-order valence-corrected chi connectivity index (χ2v) is 9.81. The molecule has 1 rings (SSSR count). The van der Waals surface area contributed by atoms with Gasteiger partial charge >= 0.3 is 11.9 Å². The van der Waals surface area contributed by atoms with Gasteiger partial charge in [0.2, 0.25) is 17.7 Å². The maximum Gasteiger partial charge on any atom is 0.326 e. The number of aliphatic carboxylic acids is 2. The van der Waals surface area contributed by atoms with Gasteiger partial charge in [-0.15, -0.1) is 0 Å². The number of phenols is 1. The van der Waals surface area contributed by atoms with Crippen molar-refractivity contribution in [2.45, 2.75) is 56.3 Å². The molecule has 0 radical (unpaired) electrons. The van der Waals surface area contributed by atoms with Crippen molar-refractivity contribution in [1.29, 1.82) is 0 Å². The molecule has 3 amide bonds. The van der Waals surface area contributed by atoms with Crippen LogP contribution in [0.1, 0.15) is 31.2 Å². The SMILES string of the molecule is CSCCC(NC(=O)C(N)CC(=O)O)C(=O)NC(Cc1ccc(O)cc1)C(=O)NC(CCCN=C(N)N)C(=O)O. The third-order valence-corrected chi connectivity index (χ3v) is 6.19. The number of nitrogens with zero attached hydrogens (tertiary/aromatic N) is 1. The first-order chi connectivity index (χ1) is 18.8. The second-order valence-electron chi connectivity index (χ2n) is 8.83. The highest BCUT2D eigenvalue weighted by Gasteiger charge is 2.30. The van der Waals surface area contributed by atoms with Crippen molar-refractivity contribution in [1.82, 2.24) is 16.0 Å². The molecule has 40 heavy (non-hydrogen) atoms. The maximum absolute atomic E-state index is 13.2. The summed E-state index contributed by atoms with van der Waals surface area (Å²) in [5.74, 6) is -4.71. The van der Waals surface area contributed by atoms with Gasteiger partial charge in [0.05, 0.1) is 12.5 Å². The maximum atomic E-state index is 13.2. The van der Waals surface area contributed by atoms with Crippen molar-refractivity contribution < 1.29 is 39.3 Å². The van der Waals surface area contributed by atoms with Crippen LogP contribution in [0.2, 0.25) is 0 Å². The van der Waals surface area contributed by atoms with Crippen LogP contribution < -0.4 is 33.2 Å². The number of amides is 3. The zero-order valence-corrected chi connectivity index (χ0v) is 22.9. The number of aromatic hydroxyl groups is 1. The molecule has 222 valence electrons. The second kappa shape index (κ2) is 17.5. The Morgan fingerprint density at radius 2 is 1.48 bits per heavy atom. The van der Waals surface area contributed by atoms with Gasteiger partial charge in [-0.2, -0.15) is 11.8 Å². The van der Waals surface area contributed by atoms with E-state index < -0.39 is 60.2 Å². The molecule has 1 aromatic rings. The van der Waals surface area contributed by atoms with E-state index in [0.29, 0.717) is 11.3 Å². The van der Waals surface area contributed by atoms with Crippen molar-refractivity contribution in [3.63, 3.8) is 0 Å². The molecule has 0 fully saturated rings. The Morgan fingerprint density at radius 3 is 2.02 bits per heavy atom. The van der Waals surface area contributed by atoms with Crippen LogP contribution in [0.25, 0.3) is 0 Å². The van der Waals surface area contributed by atoms with Gasteiger partial charge < -0.3 is 48.5 Å². The van der Waals surface area contributed by atoms with E-state index >= 15 is 0 Å². The number of carboxylic acids is 2. The molecule has 0 aliphatic heterocycles. The number of carbonyl (C=O) groups excluding carboxylic acids is 3. The highest BCUT2D eigenvalue weighted by molar-refractivity contribution is 7.98. The van der Waals surface area contributed by atoms with Crippen molar-refractivity contribution in [2.75, 3.05) is 18.6 Å². The number of rotatable bonds is 18. The smallest absolute Gasteiger partial charge is 0.326 e. The summed E-state index contributed by atoms with van der Waals surface area (Å²) >= 11 is 1.40. The molecule has 4 atom stereocenters. The van der Waals surface area contributed by atoms with Crippen LogP contribution in [0.5, 0.6) is 5.75 Å². The number of guanidine groups is 1. The average Bonchev–Trinajstić information content (AvgIpc) is 2.87. The number of nitrogens with two attached hydrogens (primary N) is 3. The largest absolute Gasteiger partial charge is 0.508 e. The van der Waals surface area contributed by atoms with Crippen LogP contribution in [0.3, 0.4) is 0 Å². The molecule has 0 bridgehead atoms. The van der Waals surface area contributed by atoms with E-state index in [1.807, 2.05) is 0 Å². The van der Waals surface area contributed by atoms with Crippen LogP contribution in [0.4, 0.5) is 0 Å². The van der Waals surface area contributed by atoms with Crippen LogP contribution in [0, 0.1) is 0 Å². The van der Waals surface area contributed by atoms with E-state index in [1.165, 1.54) is 36.0 Å². The van der Waals surface area contributed by atoms with E-state index in [1.54, 1.807) is 6.26 Å². The Bertz CT molecular complexity index is 1050. The third kappa shape index (κ3) is 13.1. The Morgan fingerprint density at radius 1 is 0.900 bits per heavy atom. The number of hydrogen-bond acceptors (Lipinski definition) is 9. The average molecular weight is 584 g/mol. The molecule has 0 aromatic heterocycles. The van der Waals surface area contributed by atoms with Gasteiger partial charge in [-0.05, 0) is 49.0 Å². The first-order valence-electron chi connectivity index (χ1n) is 12.3. The number of phenolic OH excluding ortho intramolecular Hbond substituents is 1. The minimum atomic E-state index is -1.39. The third-order valence-electron chi connectivity index (χ3n) is 5.54. The molecular formula is C24H37N7O8S. The van der Waals surface area contributed by atoms with Crippen LogP contribution in [0.15, 0.2) is 29.3 Å². The molecule has 4 unspecified atom stereocenters. The summed E-state index contributed by atoms with van der Waals surface area (Å²) in [6.45, 7) is 0.149. The minimum Gasteiger partial charge on any atom is -0.508 e. The molecule has 12 N–H and O–H groups in total. The Hall–Kier alpha value is -4.05. The highest BCUT2D eigenvalue weighted by atomic mass is 32.2. The summed E-state index contributed by atoms with van der Waals surface area (Å²) in [7, 11) is 0. The molecule has 0 aliphatic rings. The van der Waals surface area contributed by atoms with E-state index in [9.17, 15) is 34.2 Å². The molecule has 16 heteroatoms. The predicted molar refractivity (Wildman–Crippen MR) is 148 cm³/mol. The first kappa shape index (κ1) is 34.0. The zero-order valence-electron chi connectivity index (χ0n) is 22.0. The van der Waals surface area contributed by atoms with Crippen LogP contribution in [-0.2, 0) is 30.4 Å². The van der Waals surface area contributed by atoms with Crippen molar-refractivity contribution in [2.24, 2.45) is 22.2 Å². The summed E-state index contributed by atoms with van der Waals surface area (Å²) in [4.78, 5) is 65.3. The Labute approximate surface area is 235 Å². The van der Waals surface area contributed by atoms with Gasteiger partial charge in [0.15, 0.2) is 5.96 Å². The summed E-state index contributed by atoms with van der Waals surface area (Å²) in [5, 5.41) is 35.5. The Kier molecular flexibility index (Phi) is 14.9. The van der Waals surface area contributed by atoms with E-state index in [2.05, 4.69) is 20.9 Å². The fourth-order valence-corrected chi connectivity index (χ4v) is 3.92. The number of carboxylic acid groups (broad SMARTS) is 2. The predicted octanol–water partition coefficient (Wildman–Crippen LogP) is -1.92. The van der Waals surface area contributed by atoms with E-state index in [0.717, 1.165) is 0 Å². The van der Waals surface area contributed by atoms with Crippen molar-refractivity contribution in [3.05, 3.63) is 29.8 Å². The molecule has 15 nitrogen and oxygen atoms in total. The van der Waals surface area contributed by atoms with Gasteiger partial charge in [0.25, 0.3) is 0 Å². The fourth-order valence-electron chi connectivity index (χ4n) is 3.45. The number of benzene rings is 1. The number of nitrogens with one attached hydrogen (secondary N) is 3. The molecular weight excluding hydrogens is 546 g/mol. The van der Waals surface area contributed by atoms with Gasteiger partial charge in [-0.1, -0.05) is 12.1 Å². The van der Waals surface area contributed by atoms with E-state index in [4.69, 9.17) is 22.3 Å². The number of aliphatic imine (C=N–C) groups is 1. The molecule has 1 aromatic carbocycles. The topological polar surface area (TPSA) is 273 Å². The van der Waals surface area contributed by atoms with Crippen LogP contribution >= 0.6 is 11.8 Å². The zero-order chi connectivity index (χ0) is 30.2. The standard InChI is InChI=1S/C24H37N7O8S/c1-40-10-8-16(29-20(35)15(25)12-19(33)34)21(36)31-18(11-13-4-6-14(32)7-5-13)22(37)30-17(23(38)39)3-2-9-28-24(26)27/h4-7,15-18,32H,2-3,8-12,25H2,1H3,(H,29,35)(H,30,37)(H,31,36)(H,33,34)(H,38,39)(H4,26,27,28). The van der Waals surface area contributed by atoms with Gasteiger partial charge in [0, 0.05) is 13.0 Å². The minimum absolute atomic E-state index is 0.00556. The quantitative estimate of drug-likeness (QED) is 0.0520. The normalized spacial score (nSPS) is 13.7. The lowest BCUT2D eigenvalue weighted by molar-refractivity contribution is -0.142. The van der Waals surface area contributed by atoms with Crippen LogP contribution in [-0.4, -0.2) is 93.7 Å². The summed E-state index contributed by atoms with van der Waals surface area (Å²) in [6.07, 6.45) is 1.48. The number of hydrogen-bond donors (Lipinski definition) is 9. The molecule has 0 heterocycles. The monoisotopic (exact) mass is 583 g/mol. The lowest BCUT2D eigenvalue weighted by Gasteiger charge is -2.25. The lowest BCUT2D eigenvalue weighted by Crippen LogP contribution is -2.57. The van der Waals surface area contributed by atoms with Crippen molar-refractivity contribution in [3.8, 4) is 5.75 Å². The summed E-state index contributed by atoms with van der Waals surface area (Å²) in [6, 6.07) is 0.730. The molecule has 0 aliphatic carbocycles. The molecule has 0 saturated heterocycles. The molecule has 0 saturated carbocycles. The van der Waals surface area contributed by atoms with Gasteiger partial charge in [-0.25, -0.2) is 4.79 Å². The van der Waals surface area contributed by atoms with Crippen molar-refractivity contribution >= 4 is 47.4 Å². The number of carbonyl (C=O) groups is 5. The first-order valence-corrected chi connectivity index (χ1v) is 13.7. The molecule has 0 spiro atoms. The summed E-state index contributed by atoms with van der Waals surface area (Å²) in [5.41, 5.74) is 16.7. The van der Waals surface area contributed by atoms with Gasteiger partial charge in [0.1, 0.15) is 23.9 Å². The summed E-state index contributed by atoms with van der Waals surface area (Å²) < 4.78 is 0. The van der Waals surface area contributed by atoms with Gasteiger partial charge in [-0.3, -0.25) is 24.2 Å². The fraction of sp³-hybridized carbons (Fsp3) is 0.500. The lowest BCUT2D eigenvalue weighted by atomic mass is 10.0. The Balaban J connectivity index is 3.12. The highest BCUT2D eigenvalue weighted by Crippen LogP contribution is 2.12. The van der Waals surface area contributed by atoms with E-state index in [-0.39, 0.29) is 43.9 Å². The number of thioether (sulfide) groups is 1.